The van der Waals surface area contributed by atoms with Gasteiger partial charge in [-0.3, -0.25) is 0 Å². The third kappa shape index (κ3) is 28.6. The van der Waals surface area contributed by atoms with Crippen molar-refractivity contribution in [1.82, 2.24) is 0 Å². The number of rotatable bonds is 33. The summed E-state index contributed by atoms with van der Waals surface area (Å²) < 4.78 is 233. The summed E-state index contributed by atoms with van der Waals surface area (Å²) in [5.74, 6) is 0. The first-order chi connectivity index (χ1) is 54.1. The van der Waals surface area contributed by atoms with Crippen molar-refractivity contribution < 1.29 is 91.6 Å². The van der Waals surface area contributed by atoms with Crippen LogP contribution in [0.15, 0.2) is 191 Å². The SMILES string of the molecule is CCCCN(CCCC)c1ccc(C(=C2C=CC(=[N+](CCCC)CCCC)C(C)=C2)c2ccccc2C(F)(F)F)cc1C.CCCCN(CCCC)c1ccc(C(=C2C=CC(=[N+](CCCC)CCCC)C(C)=C2)c2ccccc2C(F)(F)F)cc1C.O=S(=O)([N-]S(=O)(=O)C(F)(F)F)C(F)(F)F.O=S(=O)([O-])c1ccc2ccccc2c1. The summed E-state index contributed by atoms with van der Waals surface area (Å²) in [7, 11) is -17.8. The molecule has 0 aromatic heterocycles. The van der Waals surface area contributed by atoms with Crippen molar-refractivity contribution in [2.75, 3.05) is 62.2 Å². The van der Waals surface area contributed by atoms with E-state index in [2.05, 4.69) is 151 Å². The van der Waals surface area contributed by atoms with Gasteiger partial charge in [-0.2, -0.15) is 52.7 Å². The van der Waals surface area contributed by atoms with Crippen LogP contribution in [0.4, 0.5) is 64.1 Å². The molecular weight excluding hydrogens is 1560 g/mol. The lowest BCUT2D eigenvalue weighted by Crippen LogP contribution is -2.30. The summed E-state index contributed by atoms with van der Waals surface area (Å²) in [5, 5.41) is 1.67. The van der Waals surface area contributed by atoms with Gasteiger partial charge < -0.3 is 18.5 Å². The maximum atomic E-state index is 14.4. The number of benzene rings is 6. The lowest BCUT2D eigenvalue weighted by Gasteiger charge is -2.27. The van der Waals surface area contributed by atoms with Crippen molar-refractivity contribution in [2.45, 2.75) is 214 Å². The molecule has 632 valence electrons. The summed E-state index contributed by atoms with van der Waals surface area (Å²) in [6.45, 7) is 33.8. The van der Waals surface area contributed by atoms with Crippen molar-refractivity contribution in [1.29, 1.82) is 0 Å². The zero-order valence-electron chi connectivity index (χ0n) is 67.9. The van der Waals surface area contributed by atoms with E-state index >= 15 is 0 Å². The molecule has 12 nitrogen and oxygen atoms in total. The van der Waals surface area contributed by atoms with Crippen molar-refractivity contribution in [3.8, 4) is 0 Å². The summed E-state index contributed by atoms with van der Waals surface area (Å²) in [4.78, 5) is 4.70. The highest BCUT2D eigenvalue weighted by atomic mass is 32.3. The van der Waals surface area contributed by atoms with Crippen LogP contribution in [0.2, 0.25) is 0 Å². The molecule has 0 radical (unpaired) electrons. The molecular formula is C88H111F12N5O7S3. The number of fused-ring (bicyclic) bond motifs is 1. The van der Waals surface area contributed by atoms with E-state index in [0.29, 0.717) is 11.1 Å². The van der Waals surface area contributed by atoms with Crippen LogP contribution in [0.3, 0.4) is 0 Å². The number of anilines is 2. The van der Waals surface area contributed by atoms with Gasteiger partial charge in [0.25, 0.3) is 0 Å². The maximum Gasteiger partial charge on any atom is 0.480 e. The van der Waals surface area contributed by atoms with Crippen LogP contribution in [0.1, 0.15) is 216 Å². The third-order valence-electron chi connectivity index (χ3n) is 19.4. The Morgan fingerprint density at radius 3 is 1.01 bits per heavy atom. The number of aryl methyl sites for hydroxylation is 2. The monoisotopic (exact) mass is 1670 g/mol. The van der Waals surface area contributed by atoms with Crippen LogP contribution in [0.5, 0.6) is 0 Å². The zero-order chi connectivity index (χ0) is 85.7. The highest BCUT2D eigenvalue weighted by molar-refractivity contribution is 8.13. The Morgan fingerprint density at radius 2 is 0.713 bits per heavy atom. The van der Waals surface area contributed by atoms with E-state index in [1.165, 1.54) is 59.2 Å². The van der Waals surface area contributed by atoms with Gasteiger partial charge in [-0.1, -0.05) is 186 Å². The molecule has 2 aliphatic rings. The Morgan fingerprint density at radius 1 is 0.391 bits per heavy atom. The Kier molecular flexibility index (Phi) is 38.1. The molecule has 2 aliphatic carbocycles. The number of halogens is 12. The van der Waals surface area contributed by atoms with Crippen molar-refractivity contribution in [3.05, 3.63) is 235 Å². The van der Waals surface area contributed by atoms with E-state index < -0.39 is 64.7 Å². The van der Waals surface area contributed by atoms with Crippen molar-refractivity contribution in [3.63, 3.8) is 0 Å². The molecule has 0 amide bonds. The number of hydrogen-bond donors (Lipinski definition) is 0. The molecule has 0 saturated carbocycles. The first kappa shape index (κ1) is 97.5. The van der Waals surface area contributed by atoms with Gasteiger partial charge in [-0.25, -0.2) is 34.4 Å². The van der Waals surface area contributed by atoms with E-state index in [0.717, 1.165) is 215 Å². The Hall–Kier alpha value is -8.11. The van der Waals surface area contributed by atoms with Gasteiger partial charge in [0.2, 0.25) is 11.4 Å². The van der Waals surface area contributed by atoms with Crippen LogP contribution < -0.4 is 9.80 Å². The minimum Gasteiger partial charge on any atom is -0.744 e. The van der Waals surface area contributed by atoms with E-state index in [1.807, 2.05) is 36.4 Å². The summed E-state index contributed by atoms with van der Waals surface area (Å²) in [6.07, 6.45) is 21.4. The second-order valence-electron chi connectivity index (χ2n) is 28.5. The van der Waals surface area contributed by atoms with Crippen molar-refractivity contribution >= 4 is 74.9 Å². The van der Waals surface area contributed by atoms with Crippen LogP contribution in [-0.2, 0) is 42.5 Å². The van der Waals surface area contributed by atoms with E-state index in [1.54, 1.807) is 42.5 Å². The first-order valence-electron chi connectivity index (χ1n) is 39.4. The van der Waals surface area contributed by atoms with E-state index in [9.17, 15) is 82.5 Å². The van der Waals surface area contributed by atoms with Gasteiger partial charge in [-0.05, 0) is 193 Å². The number of sulfonamides is 2. The largest absolute Gasteiger partial charge is 0.744 e. The zero-order valence-corrected chi connectivity index (χ0v) is 70.4. The van der Waals surface area contributed by atoms with Gasteiger partial charge in [0.1, 0.15) is 36.3 Å². The summed E-state index contributed by atoms with van der Waals surface area (Å²) >= 11 is 0. The molecule has 115 heavy (non-hydrogen) atoms. The van der Waals surface area contributed by atoms with E-state index in [4.69, 9.17) is 0 Å². The predicted octanol–water partition coefficient (Wildman–Crippen LogP) is 24.4. The Bertz CT molecular complexity index is 4560. The molecule has 0 saturated heterocycles. The molecule has 0 spiro atoms. The van der Waals surface area contributed by atoms with Gasteiger partial charge in [0.05, 0.1) is 16.0 Å². The van der Waals surface area contributed by atoms with Crippen LogP contribution in [-0.4, -0.2) is 114 Å². The van der Waals surface area contributed by atoms with Gasteiger partial charge in [0.15, 0.2) is 20.0 Å². The van der Waals surface area contributed by atoms with Gasteiger partial charge >= 0.3 is 23.4 Å². The molecule has 0 fully saturated rings. The minimum absolute atomic E-state index is 0.184. The molecule has 0 heterocycles. The van der Waals surface area contributed by atoms with Crippen molar-refractivity contribution in [2.24, 2.45) is 0 Å². The average molecular weight is 1680 g/mol. The normalized spacial score (nSPS) is 14.4. The number of alkyl halides is 12. The molecule has 6 aromatic carbocycles. The molecule has 0 aliphatic heterocycles. The standard InChI is InChI=1S/2C38H52F3N2.C10H8O3S.C2F6NO4S2/c2*1-7-11-23-42(24-12-8-2)35-21-19-31(27-29(35)5)37(33-17-15-16-18-34(33)38(39,40)41)32-20-22-36(30(6)28-32)43(25-13-9-3)26-14-10-4;11-14(12,13)10-6-5-8-3-1-2-4-9(8)7-10;3-1(4,5)14(10,11)9-15(12,13)2(6,7)8/h2*15-22,27-28H,7-14,23-26H2,1-6H3;1-7H,(H,11,12,13);/q2*+1;;-1/p-1. The number of allylic oxidation sites excluding steroid dienone is 10. The second-order valence-corrected chi connectivity index (χ2v) is 33.3. The molecule has 0 N–H and O–H groups in total. The molecule has 8 rings (SSSR count). The first-order valence-corrected chi connectivity index (χ1v) is 43.7. The van der Waals surface area contributed by atoms with Crippen LogP contribution in [0, 0.1) is 13.8 Å². The number of unbranched alkanes of at least 4 members (excludes halogenated alkanes) is 8. The molecule has 6 aromatic rings. The predicted molar refractivity (Wildman–Crippen MR) is 442 cm³/mol. The molecule has 27 heteroatoms. The number of hydrogen-bond acceptors (Lipinski definition) is 9. The van der Waals surface area contributed by atoms with Crippen LogP contribution in [0.25, 0.3) is 26.0 Å². The fraction of sp³-hybridized carbons (Fsp3) is 0.455. The molecule has 0 atom stereocenters. The highest BCUT2D eigenvalue weighted by Crippen LogP contribution is 2.44. The average Bonchev–Trinajstić information content (AvgIpc) is 0.774. The maximum absolute atomic E-state index is 14.4. The topological polar surface area (TPSA) is 152 Å². The minimum atomic E-state index is -6.72. The lowest BCUT2D eigenvalue weighted by atomic mass is 9.86. The van der Waals surface area contributed by atoms with Gasteiger partial charge in [-0.15, -0.1) is 0 Å². The summed E-state index contributed by atoms with van der Waals surface area (Å²) in [5.41, 5.74) is 0.347. The lowest BCUT2D eigenvalue weighted by molar-refractivity contribution is -0.528. The smallest absolute Gasteiger partial charge is 0.480 e. The Balaban J connectivity index is 0.000000305. The van der Waals surface area contributed by atoms with E-state index in [-0.39, 0.29) is 16.0 Å². The van der Waals surface area contributed by atoms with Crippen LogP contribution >= 0.6 is 0 Å². The molecule has 0 unspecified atom stereocenters. The quantitative estimate of drug-likeness (QED) is 0.0223. The second kappa shape index (κ2) is 45.0. The fourth-order valence-corrected chi connectivity index (χ4v) is 15.5. The molecule has 0 bridgehead atoms. The highest BCUT2D eigenvalue weighted by Gasteiger charge is 2.47. The Labute approximate surface area is 673 Å². The third-order valence-corrected chi connectivity index (χ3v) is 22.9. The number of nitrogens with zero attached hydrogens (tertiary/aromatic N) is 5. The fourth-order valence-electron chi connectivity index (χ4n) is 13.3. The van der Waals surface area contributed by atoms with Gasteiger partial charge in [0, 0.05) is 86.5 Å². The summed E-state index contributed by atoms with van der Waals surface area (Å²) in [6, 6.07) is 36.1.